The maximum atomic E-state index is 10.0. The van der Waals surface area contributed by atoms with Crippen LogP contribution in [0.2, 0.25) is 5.02 Å². The first-order valence-corrected chi connectivity index (χ1v) is 6.72. The molecule has 0 aliphatic heterocycles. The molecule has 4 heteroatoms. The highest BCUT2D eigenvalue weighted by atomic mass is 35.5. The molecule has 0 radical (unpaired) electrons. The Bertz CT molecular complexity index is 370. The van der Waals surface area contributed by atoms with E-state index in [9.17, 15) is 5.11 Å². The molecule has 1 aliphatic rings. The molecule has 1 fully saturated rings. The van der Waals surface area contributed by atoms with Gasteiger partial charge in [-0.1, -0.05) is 23.7 Å². The van der Waals surface area contributed by atoms with Crippen molar-refractivity contribution < 1.29 is 9.84 Å². The zero-order valence-corrected chi connectivity index (χ0v) is 11.4. The van der Waals surface area contributed by atoms with Gasteiger partial charge in [0.1, 0.15) is 0 Å². The molecule has 1 atom stereocenters. The number of aliphatic hydroxyl groups is 1. The Balaban J connectivity index is 1.78. The van der Waals surface area contributed by atoms with Crippen molar-refractivity contribution in [3.05, 3.63) is 34.9 Å². The van der Waals surface area contributed by atoms with Crippen LogP contribution in [0, 0.1) is 0 Å². The summed E-state index contributed by atoms with van der Waals surface area (Å²) in [5.41, 5.74) is 0.881. The topological polar surface area (TPSA) is 41.5 Å². The van der Waals surface area contributed by atoms with Gasteiger partial charge in [-0.05, 0) is 37.0 Å². The van der Waals surface area contributed by atoms with Crippen LogP contribution < -0.4 is 5.32 Å². The van der Waals surface area contributed by atoms with E-state index in [0.717, 1.165) is 24.9 Å². The molecule has 2 rings (SSSR count). The third-order valence-electron chi connectivity index (χ3n) is 3.74. The number of ether oxygens (including phenoxy) is 1. The molecule has 0 heterocycles. The van der Waals surface area contributed by atoms with E-state index in [0.29, 0.717) is 11.6 Å². The van der Waals surface area contributed by atoms with Gasteiger partial charge in [0.05, 0.1) is 11.7 Å². The number of methoxy groups -OCH3 is 1. The molecule has 1 aliphatic carbocycles. The fourth-order valence-electron chi connectivity index (χ4n) is 2.26. The predicted octanol–water partition coefficient (Wildman–Crippen LogP) is 2.53. The van der Waals surface area contributed by atoms with E-state index in [1.807, 2.05) is 12.1 Å². The summed E-state index contributed by atoms with van der Waals surface area (Å²) in [7, 11) is 1.76. The van der Waals surface area contributed by atoms with Crippen LogP contribution in [0.25, 0.3) is 0 Å². The zero-order valence-electron chi connectivity index (χ0n) is 10.7. The van der Waals surface area contributed by atoms with Crippen molar-refractivity contribution in [2.24, 2.45) is 0 Å². The first kappa shape index (κ1) is 13.8. The lowest BCUT2D eigenvalue weighted by Crippen LogP contribution is -2.48. The van der Waals surface area contributed by atoms with Gasteiger partial charge in [-0.15, -0.1) is 0 Å². The number of benzene rings is 1. The number of hydrogen-bond donors (Lipinski definition) is 2. The largest absolute Gasteiger partial charge is 0.387 e. The van der Waals surface area contributed by atoms with Crippen LogP contribution in [0.3, 0.4) is 0 Å². The van der Waals surface area contributed by atoms with Crippen molar-refractivity contribution in [3.63, 3.8) is 0 Å². The summed E-state index contributed by atoms with van der Waals surface area (Å²) in [4.78, 5) is 0. The molecule has 18 heavy (non-hydrogen) atoms. The minimum atomic E-state index is -0.503. The van der Waals surface area contributed by atoms with Gasteiger partial charge in [0.2, 0.25) is 0 Å². The number of hydrogen-bond acceptors (Lipinski definition) is 3. The monoisotopic (exact) mass is 269 g/mol. The minimum absolute atomic E-state index is 0.000282. The van der Waals surface area contributed by atoms with Gasteiger partial charge in [0.25, 0.3) is 0 Å². The van der Waals surface area contributed by atoms with Crippen molar-refractivity contribution in [1.82, 2.24) is 5.32 Å². The van der Waals surface area contributed by atoms with E-state index >= 15 is 0 Å². The SMILES string of the molecule is COC1(CNCC(O)c2ccc(Cl)cc2)CCC1. The molecule has 0 spiro atoms. The zero-order chi connectivity index (χ0) is 13.0. The molecule has 1 saturated carbocycles. The van der Waals surface area contributed by atoms with Crippen molar-refractivity contribution in [2.45, 2.75) is 31.0 Å². The first-order chi connectivity index (χ1) is 8.65. The van der Waals surface area contributed by atoms with E-state index in [2.05, 4.69) is 5.32 Å². The number of halogens is 1. The summed E-state index contributed by atoms with van der Waals surface area (Å²) in [5, 5.41) is 14.0. The van der Waals surface area contributed by atoms with E-state index < -0.39 is 6.10 Å². The van der Waals surface area contributed by atoms with Gasteiger partial charge >= 0.3 is 0 Å². The number of nitrogens with one attached hydrogen (secondary N) is 1. The summed E-state index contributed by atoms with van der Waals surface area (Å²) in [5.74, 6) is 0. The summed E-state index contributed by atoms with van der Waals surface area (Å²) >= 11 is 5.81. The lowest BCUT2D eigenvalue weighted by atomic mass is 9.80. The molecular formula is C14H20ClNO2. The van der Waals surface area contributed by atoms with Crippen molar-refractivity contribution in [2.75, 3.05) is 20.2 Å². The standard InChI is InChI=1S/C14H20ClNO2/c1-18-14(7-2-8-14)10-16-9-13(17)11-3-5-12(15)6-4-11/h3-6,13,16-17H,2,7-10H2,1H3. The van der Waals surface area contributed by atoms with Crippen molar-refractivity contribution in [1.29, 1.82) is 0 Å². The molecule has 0 amide bonds. The van der Waals surface area contributed by atoms with Gasteiger partial charge in [0, 0.05) is 25.2 Å². The molecule has 0 bridgehead atoms. The predicted molar refractivity (Wildman–Crippen MR) is 72.9 cm³/mol. The Morgan fingerprint density at radius 2 is 2.06 bits per heavy atom. The maximum Gasteiger partial charge on any atom is 0.0914 e. The summed E-state index contributed by atoms with van der Waals surface area (Å²) in [6.07, 6.45) is 2.94. The molecule has 2 N–H and O–H groups in total. The third kappa shape index (κ3) is 3.23. The van der Waals surface area contributed by atoms with Crippen LogP contribution >= 0.6 is 11.6 Å². The molecule has 1 aromatic rings. The van der Waals surface area contributed by atoms with E-state index in [1.165, 1.54) is 6.42 Å². The second kappa shape index (κ2) is 6.02. The molecule has 1 unspecified atom stereocenters. The van der Waals surface area contributed by atoms with E-state index in [4.69, 9.17) is 16.3 Å². The highest BCUT2D eigenvalue weighted by Crippen LogP contribution is 2.34. The third-order valence-corrected chi connectivity index (χ3v) is 3.99. The maximum absolute atomic E-state index is 10.0. The van der Waals surface area contributed by atoms with Gasteiger partial charge < -0.3 is 15.2 Å². The lowest BCUT2D eigenvalue weighted by molar-refractivity contribution is -0.0703. The number of rotatable bonds is 6. The van der Waals surface area contributed by atoms with Crippen LogP contribution in [0.15, 0.2) is 24.3 Å². The Kier molecular flexibility index (Phi) is 4.62. The minimum Gasteiger partial charge on any atom is -0.387 e. The normalized spacial score (nSPS) is 19.3. The smallest absolute Gasteiger partial charge is 0.0914 e. The van der Waals surface area contributed by atoms with E-state index in [1.54, 1.807) is 19.2 Å². The Morgan fingerprint density at radius 3 is 2.56 bits per heavy atom. The summed E-state index contributed by atoms with van der Waals surface area (Å²) < 4.78 is 5.52. The van der Waals surface area contributed by atoms with Gasteiger partial charge in [0.15, 0.2) is 0 Å². The quantitative estimate of drug-likeness (QED) is 0.834. The second-order valence-electron chi connectivity index (χ2n) is 4.94. The second-order valence-corrected chi connectivity index (χ2v) is 5.38. The summed E-state index contributed by atoms with van der Waals surface area (Å²) in [6.45, 7) is 1.33. The Hall–Kier alpha value is -0.610. The Morgan fingerprint density at radius 1 is 1.39 bits per heavy atom. The Labute approximate surface area is 113 Å². The molecule has 3 nitrogen and oxygen atoms in total. The fourth-order valence-corrected chi connectivity index (χ4v) is 2.39. The molecule has 0 aromatic heterocycles. The first-order valence-electron chi connectivity index (χ1n) is 6.35. The van der Waals surface area contributed by atoms with Crippen LogP contribution in [-0.4, -0.2) is 30.9 Å². The highest BCUT2D eigenvalue weighted by molar-refractivity contribution is 6.30. The average molecular weight is 270 g/mol. The van der Waals surface area contributed by atoms with Gasteiger partial charge in [-0.2, -0.15) is 0 Å². The van der Waals surface area contributed by atoms with Crippen molar-refractivity contribution in [3.8, 4) is 0 Å². The lowest BCUT2D eigenvalue weighted by Gasteiger charge is -2.40. The van der Waals surface area contributed by atoms with Crippen LogP contribution in [0.5, 0.6) is 0 Å². The molecule has 0 saturated heterocycles. The molecule has 100 valence electrons. The molecular weight excluding hydrogens is 250 g/mol. The molecule has 1 aromatic carbocycles. The van der Waals surface area contributed by atoms with E-state index in [-0.39, 0.29) is 5.60 Å². The highest BCUT2D eigenvalue weighted by Gasteiger charge is 2.36. The van der Waals surface area contributed by atoms with Crippen LogP contribution in [0.1, 0.15) is 30.9 Å². The average Bonchev–Trinajstić information content (AvgIpc) is 2.33. The van der Waals surface area contributed by atoms with Gasteiger partial charge in [-0.3, -0.25) is 0 Å². The van der Waals surface area contributed by atoms with Crippen molar-refractivity contribution >= 4 is 11.6 Å². The summed E-state index contributed by atoms with van der Waals surface area (Å²) in [6, 6.07) is 7.29. The van der Waals surface area contributed by atoms with Crippen LogP contribution in [0.4, 0.5) is 0 Å². The van der Waals surface area contributed by atoms with Gasteiger partial charge in [-0.25, -0.2) is 0 Å². The number of aliphatic hydroxyl groups excluding tert-OH is 1. The fraction of sp³-hybridized carbons (Fsp3) is 0.571. The van der Waals surface area contributed by atoms with Crippen LogP contribution in [-0.2, 0) is 4.74 Å².